The highest BCUT2D eigenvalue weighted by Crippen LogP contribution is 2.22. The third-order valence-electron chi connectivity index (χ3n) is 5.02. The summed E-state index contributed by atoms with van der Waals surface area (Å²) in [6.07, 6.45) is 2.31. The maximum absolute atomic E-state index is 12.9. The zero-order chi connectivity index (χ0) is 16.6. The van der Waals surface area contributed by atoms with E-state index in [1.165, 1.54) is 0 Å². The van der Waals surface area contributed by atoms with Crippen LogP contribution in [0.2, 0.25) is 5.02 Å². The number of aryl methyl sites for hydroxylation is 1. The Balaban J connectivity index is 1.90. The lowest BCUT2D eigenvalue weighted by molar-refractivity contribution is 0.139. The normalized spacial score (nSPS) is 17.3. The second kappa shape index (κ2) is 6.63. The Bertz CT molecular complexity index is 763. The molecule has 0 unspecified atom stereocenters. The van der Waals surface area contributed by atoms with Crippen LogP contribution >= 0.6 is 11.6 Å². The largest absolute Gasteiger partial charge is 0.357 e. The van der Waals surface area contributed by atoms with Crippen molar-refractivity contribution in [3.8, 4) is 0 Å². The van der Waals surface area contributed by atoms with Crippen molar-refractivity contribution in [1.82, 2.24) is 14.8 Å². The molecule has 0 amide bonds. The average molecular weight is 334 g/mol. The van der Waals surface area contributed by atoms with Crippen molar-refractivity contribution in [2.45, 2.75) is 32.4 Å². The number of nitrogens with zero attached hydrogens (tertiary/aromatic N) is 2. The molecule has 0 atom stereocenters. The quantitative estimate of drug-likeness (QED) is 0.938. The maximum atomic E-state index is 12.9. The number of likely N-dealkylation sites (tertiary alicyclic amines) is 1. The van der Waals surface area contributed by atoms with Crippen LogP contribution in [0, 0.1) is 6.92 Å². The summed E-state index contributed by atoms with van der Waals surface area (Å²) in [6, 6.07) is 6.03. The van der Waals surface area contributed by atoms with E-state index in [1.54, 1.807) is 0 Å². The number of fused-ring (bicyclic) bond motifs is 1. The highest BCUT2D eigenvalue weighted by Gasteiger charge is 2.22. The van der Waals surface area contributed by atoms with Crippen molar-refractivity contribution < 1.29 is 0 Å². The molecule has 1 saturated heterocycles. The van der Waals surface area contributed by atoms with Gasteiger partial charge in [-0.3, -0.25) is 9.69 Å². The van der Waals surface area contributed by atoms with Crippen LogP contribution in [0.3, 0.4) is 0 Å². The molecule has 4 nitrogen and oxygen atoms in total. The van der Waals surface area contributed by atoms with Crippen molar-refractivity contribution in [3.63, 3.8) is 0 Å². The first-order valence-electron chi connectivity index (χ1n) is 8.16. The molecule has 1 aromatic carbocycles. The molecule has 2 heterocycles. The molecule has 1 N–H and O–H groups in total. The Morgan fingerprint density at radius 2 is 2.04 bits per heavy atom. The predicted molar refractivity (Wildman–Crippen MR) is 96.3 cm³/mol. The summed E-state index contributed by atoms with van der Waals surface area (Å²) in [4.78, 5) is 20.9. The van der Waals surface area contributed by atoms with Gasteiger partial charge in [0.2, 0.25) is 0 Å². The van der Waals surface area contributed by atoms with Gasteiger partial charge in [-0.1, -0.05) is 17.7 Å². The predicted octanol–water partition coefficient (Wildman–Crippen LogP) is 3.02. The molecule has 1 aliphatic rings. The van der Waals surface area contributed by atoms with Crippen LogP contribution in [-0.4, -0.2) is 48.0 Å². The molecule has 2 aromatic rings. The van der Waals surface area contributed by atoms with E-state index < -0.39 is 0 Å². The van der Waals surface area contributed by atoms with Gasteiger partial charge in [-0.2, -0.15) is 0 Å². The molecule has 1 aliphatic heterocycles. The standard InChI is InChI=1S/C18H24ClN3O/c1-12-15(11-22(3)13-7-9-21(2)10-8-13)18(23)14-5-4-6-16(19)17(14)20-12/h4-6,13H,7-11H2,1-3H3,(H,20,23). The van der Waals surface area contributed by atoms with Crippen LogP contribution in [-0.2, 0) is 6.54 Å². The van der Waals surface area contributed by atoms with Gasteiger partial charge in [-0.05, 0) is 59.1 Å². The smallest absolute Gasteiger partial charge is 0.194 e. The van der Waals surface area contributed by atoms with Crippen molar-refractivity contribution in [3.05, 3.63) is 44.7 Å². The highest BCUT2D eigenvalue weighted by atomic mass is 35.5. The van der Waals surface area contributed by atoms with Crippen LogP contribution in [0.5, 0.6) is 0 Å². The topological polar surface area (TPSA) is 39.3 Å². The monoisotopic (exact) mass is 333 g/mol. The summed E-state index contributed by atoms with van der Waals surface area (Å²) in [5.41, 5.74) is 2.59. The molecular formula is C18H24ClN3O. The highest BCUT2D eigenvalue weighted by molar-refractivity contribution is 6.35. The van der Waals surface area contributed by atoms with Gasteiger partial charge >= 0.3 is 0 Å². The second-order valence-corrected chi connectivity index (χ2v) is 7.08. The summed E-state index contributed by atoms with van der Waals surface area (Å²) in [6.45, 7) is 4.88. The Kier molecular flexibility index (Phi) is 4.76. The van der Waals surface area contributed by atoms with Crippen molar-refractivity contribution >= 4 is 22.5 Å². The lowest BCUT2D eigenvalue weighted by Gasteiger charge is -2.35. The number of piperidine rings is 1. The third kappa shape index (κ3) is 3.30. The van der Waals surface area contributed by atoms with Crippen molar-refractivity contribution in [2.75, 3.05) is 27.2 Å². The number of benzene rings is 1. The van der Waals surface area contributed by atoms with Crippen LogP contribution in [0.4, 0.5) is 0 Å². The summed E-state index contributed by atoms with van der Waals surface area (Å²) in [7, 11) is 4.29. The van der Waals surface area contributed by atoms with Crippen LogP contribution < -0.4 is 5.43 Å². The minimum absolute atomic E-state index is 0.0959. The van der Waals surface area contributed by atoms with E-state index in [9.17, 15) is 4.79 Å². The molecule has 0 radical (unpaired) electrons. The molecular weight excluding hydrogens is 310 g/mol. The summed E-state index contributed by atoms with van der Waals surface area (Å²) < 4.78 is 0. The Morgan fingerprint density at radius 3 is 2.74 bits per heavy atom. The molecule has 0 spiro atoms. The fourth-order valence-corrected chi connectivity index (χ4v) is 3.66. The van der Waals surface area contributed by atoms with Crippen molar-refractivity contribution in [2.24, 2.45) is 0 Å². The Hall–Kier alpha value is -1.36. The number of H-pyrrole nitrogens is 1. The van der Waals surface area contributed by atoms with Crippen LogP contribution in [0.1, 0.15) is 24.1 Å². The minimum atomic E-state index is 0.0959. The second-order valence-electron chi connectivity index (χ2n) is 6.67. The average Bonchev–Trinajstić information content (AvgIpc) is 2.53. The summed E-state index contributed by atoms with van der Waals surface area (Å²) >= 11 is 6.21. The van der Waals surface area contributed by atoms with Crippen LogP contribution in [0.15, 0.2) is 23.0 Å². The lowest BCUT2D eigenvalue weighted by atomic mass is 10.0. The fraction of sp³-hybridized carbons (Fsp3) is 0.500. The first kappa shape index (κ1) is 16.5. The van der Waals surface area contributed by atoms with Gasteiger partial charge in [0.25, 0.3) is 0 Å². The van der Waals surface area contributed by atoms with Gasteiger partial charge in [0.1, 0.15) is 0 Å². The number of para-hydroxylation sites is 1. The van der Waals surface area contributed by atoms with E-state index in [-0.39, 0.29) is 5.43 Å². The SMILES string of the molecule is Cc1[nH]c2c(Cl)cccc2c(=O)c1CN(C)C1CCN(C)CC1. The third-order valence-corrected chi connectivity index (χ3v) is 5.33. The molecule has 1 fully saturated rings. The summed E-state index contributed by atoms with van der Waals surface area (Å²) in [5, 5.41) is 1.27. The lowest BCUT2D eigenvalue weighted by Crippen LogP contribution is -2.42. The number of aromatic nitrogens is 1. The number of rotatable bonds is 3. The molecule has 0 bridgehead atoms. The molecule has 3 rings (SSSR count). The molecule has 5 heteroatoms. The maximum Gasteiger partial charge on any atom is 0.194 e. The number of hydrogen-bond acceptors (Lipinski definition) is 3. The van der Waals surface area contributed by atoms with E-state index >= 15 is 0 Å². The molecule has 124 valence electrons. The van der Waals surface area contributed by atoms with Gasteiger partial charge in [-0.25, -0.2) is 0 Å². The van der Waals surface area contributed by atoms with Gasteiger partial charge in [0.15, 0.2) is 5.43 Å². The fourth-order valence-electron chi connectivity index (χ4n) is 3.44. The van der Waals surface area contributed by atoms with E-state index in [1.807, 2.05) is 25.1 Å². The van der Waals surface area contributed by atoms with E-state index in [0.717, 1.165) is 42.7 Å². The van der Waals surface area contributed by atoms with E-state index in [2.05, 4.69) is 28.9 Å². The number of pyridine rings is 1. The zero-order valence-corrected chi connectivity index (χ0v) is 14.8. The number of hydrogen-bond donors (Lipinski definition) is 1. The van der Waals surface area contributed by atoms with Crippen molar-refractivity contribution in [1.29, 1.82) is 0 Å². The number of halogens is 1. The molecule has 1 aromatic heterocycles. The molecule has 0 aliphatic carbocycles. The summed E-state index contributed by atoms with van der Waals surface area (Å²) in [5.74, 6) is 0. The first-order chi connectivity index (χ1) is 11.0. The van der Waals surface area contributed by atoms with Gasteiger partial charge in [0.05, 0.1) is 10.5 Å². The van der Waals surface area contributed by atoms with E-state index in [0.29, 0.717) is 23.0 Å². The first-order valence-corrected chi connectivity index (χ1v) is 8.54. The minimum Gasteiger partial charge on any atom is -0.357 e. The Morgan fingerprint density at radius 1 is 1.35 bits per heavy atom. The number of nitrogens with one attached hydrogen (secondary N) is 1. The van der Waals surface area contributed by atoms with Gasteiger partial charge in [-0.15, -0.1) is 0 Å². The van der Waals surface area contributed by atoms with Gasteiger partial charge < -0.3 is 9.88 Å². The van der Waals surface area contributed by atoms with Gasteiger partial charge in [0, 0.05) is 29.2 Å². The van der Waals surface area contributed by atoms with Crippen LogP contribution in [0.25, 0.3) is 10.9 Å². The molecule has 23 heavy (non-hydrogen) atoms. The van der Waals surface area contributed by atoms with E-state index in [4.69, 9.17) is 11.6 Å². The number of aromatic amines is 1. The Labute approximate surface area is 142 Å². The molecule has 0 saturated carbocycles. The zero-order valence-electron chi connectivity index (χ0n) is 14.0.